The van der Waals surface area contributed by atoms with Gasteiger partial charge in [-0.1, -0.05) is 32.9 Å². The van der Waals surface area contributed by atoms with Crippen LogP contribution in [0, 0.1) is 17.8 Å². The van der Waals surface area contributed by atoms with E-state index < -0.39 is 0 Å². The molecule has 2 fully saturated rings. The van der Waals surface area contributed by atoms with Gasteiger partial charge in [0.25, 0.3) is 0 Å². The summed E-state index contributed by atoms with van der Waals surface area (Å²) in [7, 11) is 0. The number of rotatable bonds is 6. The second-order valence-electron chi connectivity index (χ2n) is 9.46. The standard InChI is InChI=1S/C26H34N4O2/c1-18(2)19(3)25(31)29-13-10-21(11-14-29)20-6-8-23(9-7-20)30(24-5-4-12-27-17-24)26(32)22-15-28-16-22/h4-9,12,17-19,21-22,28H,10-11,13-16H2,1-3H3. The molecule has 4 rings (SSSR count). The lowest BCUT2D eigenvalue weighted by molar-refractivity contribution is -0.137. The minimum Gasteiger partial charge on any atom is -0.342 e. The van der Waals surface area contributed by atoms with Crippen molar-refractivity contribution in [2.24, 2.45) is 17.8 Å². The molecule has 6 heteroatoms. The van der Waals surface area contributed by atoms with Gasteiger partial charge in [0.05, 0.1) is 17.8 Å². The highest BCUT2D eigenvalue weighted by atomic mass is 16.2. The molecule has 170 valence electrons. The Kier molecular flexibility index (Phi) is 6.89. The summed E-state index contributed by atoms with van der Waals surface area (Å²) in [5.41, 5.74) is 2.95. The van der Waals surface area contributed by atoms with Gasteiger partial charge in [-0.15, -0.1) is 0 Å². The smallest absolute Gasteiger partial charge is 0.237 e. The molecule has 2 aliphatic heterocycles. The van der Waals surface area contributed by atoms with Crippen LogP contribution in [0.15, 0.2) is 48.8 Å². The normalized spacial score (nSPS) is 18.3. The van der Waals surface area contributed by atoms with E-state index in [1.807, 2.05) is 36.1 Å². The zero-order chi connectivity index (χ0) is 22.7. The largest absolute Gasteiger partial charge is 0.342 e. The molecule has 32 heavy (non-hydrogen) atoms. The van der Waals surface area contributed by atoms with Crippen LogP contribution in [0.1, 0.15) is 45.1 Å². The molecule has 0 bridgehead atoms. The third kappa shape index (κ3) is 4.70. The lowest BCUT2D eigenvalue weighted by Crippen LogP contribution is -2.51. The number of carbonyl (C=O) groups excluding carboxylic acids is 2. The van der Waals surface area contributed by atoms with Crippen LogP contribution in [0.25, 0.3) is 0 Å². The van der Waals surface area contributed by atoms with Crippen LogP contribution in [0.2, 0.25) is 0 Å². The maximum absolute atomic E-state index is 13.1. The maximum atomic E-state index is 13.1. The Hall–Kier alpha value is -2.73. The summed E-state index contributed by atoms with van der Waals surface area (Å²) in [6.07, 6.45) is 5.42. The van der Waals surface area contributed by atoms with E-state index in [0.717, 1.165) is 50.4 Å². The number of likely N-dealkylation sites (tertiary alicyclic amines) is 1. The van der Waals surface area contributed by atoms with Crippen LogP contribution in [0.4, 0.5) is 11.4 Å². The average molecular weight is 435 g/mol. The Labute approximate surface area is 191 Å². The highest BCUT2D eigenvalue weighted by Gasteiger charge is 2.32. The Balaban J connectivity index is 1.45. The predicted octanol–water partition coefficient (Wildman–Crippen LogP) is 3.96. The summed E-state index contributed by atoms with van der Waals surface area (Å²) in [6, 6.07) is 12.2. The first-order chi connectivity index (χ1) is 15.5. The number of nitrogens with one attached hydrogen (secondary N) is 1. The minimum absolute atomic E-state index is 0.00461. The van der Waals surface area contributed by atoms with Gasteiger partial charge in [-0.05, 0) is 54.5 Å². The second-order valence-corrected chi connectivity index (χ2v) is 9.46. The molecule has 0 saturated carbocycles. The van der Waals surface area contributed by atoms with Crippen molar-refractivity contribution in [3.05, 3.63) is 54.4 Å². The van der Waals surface area contributed by atoms with Crippen molar-refractivity contribution < 1.29 is 9.59 Å². The van der Waals surface area contributed by atoms with E-state index in [4.69, 9.17) is 0 Å². The monoisotopic (exact) mass is 434 g/mol. The van der Waals surface area contributed by atoms with Crippen LogP contribution in [-0.2, 0) is 9.59 Å². The first-order valence-electron chi connectivity index (χ1n) is 11.8. The first kappa shape index (κ1) is 22.5. The van der Waals surface area contributed by atoms with Gasteiger partial charge in [-0.2, -0.15) is 0 Å². The molecular weight excluding hydrogens is 400 g/mol. The fraction of sp³-hybridized carbons (Fsp3) is 0.500. The first-order valence-corrected chi connectivity index (χ1v) is 11.8. The number of hydrogen-bond donors (Lipinski definition) is 1. The third-order valence-electron chi connectivity index (χ3n) is 7.07. The topological polar surface area (TPSA) is 65.5 Å². The van der Waals surface area contributed by atoms with Crippen molar-refractivity contribution in [1.29, 1.82) is 0 Å². The van der Waals surface area contributed by atoms with Gasteiger partial charge >= 0.3 is 0 Å². The molecule has 1 N–H and O–H groups in total. The Morgan fingerprint density at radius 1 is 1.03 bits per heavy atom. The van der Waals surface area contributed by atoms with Gasteiger partial charge in [0.2, 0.25) is 11.8 Å². The molecule has 3 heterocycles. The molecule has 2 aliphatic rings. The number of amides is 2. The van der Waals surface area contributed by atoms with Crippen molar-refractivity contribution in [3.8, 4) is 0 Å². The van der Waals surface area contributed by atoms with Crippen LogP contribution < -0.4 is 10.2 Å². The predicted molar refractivity (Wildman–Crippen MR) is 127 cm³/mol. The molecule has 6 nitrogen and oxygen atoms in total. The second kappa shape index (κ2) is 9.82. The van der Waals surface area contributed by atoms with Gasteiger partial charge in [0, 0.05) is 44.0 Å². The Morgan fingerprint density at radius 3 is 2.25 bits per heavy atom. The summed E-state index contributed by atoms with van der Waals surface area (Å²) in [5.74, 6) is 1.29. The molecule has 0 spiro atoms. The SMILES string of the molecule is CC(C)C(C)C(=O)N1CCC(c2ccc(N(C(=O)C3CNC3)c3cccnc3)cc2)CC1. The van der Waals surface area contributed by atoms with E-state index in [2.05, 4.69) is 36.3 Å². The molecule has 2 saturated heterocycles. The molecule has 1 unspecified atom stereocenters. The van der Waals surface area contributed by atoms with E-state index in [1.165, 1.54) is 5.56 Å². The summed E-state index contributed by atoms with van der Waals surface area (Å²) in [6.45, 7) is 9.33. The van der Waals surface area contributed by atoms with Crippen LogP contribution in [0.5, 0.6) is 0 Å². The van der Waals surface area contributed by atoms with Gasteiger partial charge in [-0.25, -0.2) is 0 Å². The van der Waals surface area contributed by atoms with Crippen molar-refractivity contribution in [1.82, 2.24) is 15.2 Å². The van der Waals surface area contributed by atoms with E-state index in [0.29, 0.717) is 11.8 Å². The Morgan fingerprint density at radius 2 is 1.72 bits per heavy atom. The number of anilines is 2. The van der Waals surface area contributed by atoms with Gasteiger partial charge in [-0.3, -0.25) is 19.5 Å². The van der Waals surface area contributed by atoms with E-state index in [-0.39, 0.29) is 23.7 Å². The van der Waals surface area contributed by atoms with Crippen molar-refractivity contribution in [2.75, 3.05) is 31.1 Å². The fourth-order valence-corrected chi connectivity index (χ4v) is 4.44. The number of carbonyl (C=O) groups is 2. The molecular formula is C26H34N4O2. The minimum atomic E-state index is 0.00461. The van der Waals surface area contributed by atoms with Gasteiger partial charge < -0.3 is 10.2 Å². The number of nitrogens with zero attached hydrogens (tertiary/aromatic N) is 3. The number of aromatic nitrogens is 1. The number of pyridine rings is 1. The third-order valence-corrected chi connectivity index (χ3v) is 7.07. The molecule has 2 amide bonds. The van der Waals surface area contributed by atoms with E-state index in [1.54, 1.807) is 17.3 Å². The molecule has 2 aromatic rings. The number of benzene rings is 1. The van der Waals surface area contributed by atoms with Crippen LogP contribution in [0.3, 0.4) is 0 Å². The summed E-state index contributed by atoms with van der Waals surface area (Å²) in [4.78, 5) is 33.8. The average Bonchev–Trinajstić information content (AvgIpc) is 2.78. The van der Waals surface area contributed by atoms with Crippen LogP contribution in [-0.4, -0.2) is 47.9 Å². The van der Waals surface area contributed by atoms with E-state index >= 15 is 0 Å². The highest BCUT2D eigenvalue weighted by molar-refractivity contribution is 6.02. The van der Waals surface area contributed by atoms with Gasteiger partial charge in [0.1, 0.15) is 0 Å². The van der Waals surface area contributed by atoms with Crippen molar-refractivity contribution >= 4 is 23.2 Å². The van der Waals surface area contributed by atoms with Crippen molar-refractivity contribution in [3.63, 3.8) is 0 Å². The highest BCUT2D eigenvalue weighted by Crippen LogP contribution is 2.33. The Bertz CT molecular complexity index is 917. The zero-order valence-electron chi connectivity index (χ0n) is 19.3. The molecule has 1 aromatic heterocycles. The van der Waals surface area contributed by atoms with Crippen molar-refractivity contribution in [2.45, 2.75) is 39.5 Å². The number of piperidine rings is 1. The summed E-state index contributed by atoms with van der Waals surface area (Å²) in [5, 5.41) is 3.19. The molecule has 1 aromatic carbocycles. The van der Waals surface area contributed by atoms with Gasteiger partial charge in [0.15, 0.2) is 0 Å². The molecule has 0 radical (unpaired) electrons. The maximum Gasteiger partial charge on any atom is 0.237 e. The molecule has 0 aliphatic carbocycles. The van der Waals surface area contributed by atoms with E-state index in [9.17, 15) is 9.59 Å². The fourth-order valence-electron chi connectivity index (χ4n) is 4.44. The summed E-state index contributed by atoms with van der Waals surface area (Å²) >= 11 is 0. The summed E-state index contributed by atoms with van der Waals surface area (Å²) < 4.78 is 0. The lowest BCUT2D eigenvalue weighted by atomic mass is 9.88. The zero-order valence-corrected chi connectivity index (χ0v) is 19.3. The molecule has 1 atom stereocenters. The number of hydrogen-bond acceptors (Lipinski definition) is 4. The van der Waals surface area contributed by atoms with Crippen LogP contribution >= 0.6 is 0 Å². The lowest BCUT2D eigenvalue weighted by Gasteiger charge is -2.35. The quantitative estimate of drug-likeness (QED) is 0.747.